The molecule has 2 aromatic carbocycles. The Morgan fingerprint density at radius 1 is 0.427 bits per heavy atom. The number of epoxide rings is 2. The van der Waals surface area contributed by atoms with E-state index in [4.69, 9.17) is 47.4 Å². The first-order valence-corrected chi connectivity index (χ1v) is 33.9. The Bertz CT molecular complexity index is 2700. The highest BCUT2D eigenvalue weighted by Gasteiger charge is 2.46. The fourth-order valence-electron chi connectivity index (χ4n) is 14.2. The Kier molecular flexibility index (Phi) is 23.0. The van der Waals surface area contributed by atoms with E-state index in [0.717, 1.165) is 98.0 Å². The van der Waals surface area contributed by atoms with E-state index in [2.05, 4.69) is 111 Å². The lowest BCUT2D eigenvalue weighted by Crippen LogP contribution is -2.42. The molecule has 2 aliphatic heterocycles. The topological polar surface area (TPSA) is 208 Å². The van der Waals surface area contributed by atoms with Gasteiger partial charge in [-0.05, 0) is 165 Å². The van der Waals surface area contributed by atoms with Gasteiger partial charge in [0.15, 0.2) is 0 Å². The maximum absolute atomic E-state index is 14.1. The van der Waals surface area contributed by atoms with E-state index in [1.54, 1.807) is 0 Å². The van der Waals surface area contributed by atoms with Crippen molar-refractivity contribution < 1.29 is 76.8 Å². The molecule has 4 saturated carbocycles. The number of aliphatic hydroxyl groups is 2. The molecule has 10 atom stereocenters. The molecule has 16 heteroatoms. The zero-order chi connectivity index (χ0) is 65.0. The highest BCUT2D eigenvalue weighted by atomic mass is 16.6. The average Bonchev–Trinajstić information content (AvgIpc) is 1.69. The van der Waals surface area contributed by atoms with Gasteiger partial charge in [-0.2, -0.15) is 0 Å². The molecule has 2 N–H and O–H groups in total. The van der Waals surface area contributed by atoms with Crippen molar-refractivity contribution in [1.29, 1.82) is 0 Å². The van der Waals surface area contributed by atoms with Gasteiger partial charge in [-0.25, -0.2) is 0 Å². The van der Waals surface area contributed by atoms with Crippen LogP contribution in [0.3, 0.4) is 0 Å². The van der Waals surface area contributed by atoms with Gasteiger partial charge in [0, 0.05) is 22.3 Å². The van der Waals surface area contributed by atoms with Gasteiger partial charge < -0.3 is 57.6 Å². The molecule has 0 aromatic heterocycles. The van der Waals surface area contributed by atoms with Crippen LogP contribution in [0.4, 0.5) is 0 Å². The Morgan fingerprint density at radius 2 is 0.730 bits per heavy atom. The summed E-state index contributed by atoms with van der Waals surface area (Å²) in [6.07, 6.45) is 8.04. The zero-order valence-corrected chi connectivity index (χ0v) is 57.1. The molecule has 2 heterocycles. The summed E-state index contributed by atoms with van der Waals surface area (Å²) in [5.74, 6) is 0.0384. The smallest absolute Gasteiger partial charge is 0.310 e. The summed E-state index contributed by atoms with van der Waals surface area (Å²) < 4.78 is 60.0. The van der Waals surface area contributed by atoms with Crippen molar-refractivity contribution in [2.45, 2.75) is 259 Å². The molecule has 16 nitrogen and oxygen atoms in total. The first-order valence-electron chi connectivity index (χ1n) is 33.9. The van der Waals surface area contributed by atoms with Crippen LogP contribution in [0, 0.1) is 52.8 Å². The molecule has 6 fully saturated rings. The van der Waals surface area contributed by atoms with Crippen LogP contribution in [0.1, 0.15) is 223 Å². The SMILES string of the molecule is CC1CCC(C(=O)OC2CCC(C(C)(C)C3CCC(OC(=O)C4CC(C)CCC4C(=O)OCC(O)COc4cc(C(C)(C)C)c(OCC5CO5)cc4C(C)(C)C)CC3)CC2)C(C(=O)OCC(O)COc2cc(C(C)(C)C)c(OCC3CO3)cc2C(C)(C)C)C1. The van der Waals surface area contributed by atoms with Gasteiger partial charge in [0.1, 0.15) is 99.3 Å². The molecule has 6 aliphatic rings. The maximum Gasteiger partial charge on any atom is 0.310 e. The largest absolute Gasteiger partial charge is 0.490 e. The maximum atomic E-state index is 14.1. The number of carbonyl (C=O) groups excluding carboxylic acids is 4. The molecule has 500 valence electrons. The minimum Gasteiger partial charge on any atom is -0.490 e. The molecule has 2 aromatic rings. The van der Waals surface area contributed by atoms with E-state index in [-0.39, 0.29) is 102 Å². The molecule has 89 heavy (non-hydrogen) atoms. The standard InChI is InChI=1S/C73H112O16/c1-43-18-28-54(55(29-43)66(77)87-38-48(75)36-83-62-32-60(72(12,13)14)64(85-42-52-40-81-52)34-58(62)70(6,7)8)67(78)88-49-23-19-45(20-24-49)73(15,16)46-21-25-50(26-22-46)89-68(79)56-30-44(2)17-27-53(56)65(76)86-37-47(74)35-82-61-31-59(71(9,10)11)63(84-41-51-39-80-51)33-57(61)69(3,4)5/h31-34,43-56,74-75H,17-30,35-42H2,1-16H3. The van der Waals surface area contributed by atoms with Crippen molar-refractivity contribution in [2.75, 3.05) is 52.9 Å². The zero-order valence-electron chi connectivity index (χ0n) is 57.1. The van der Waals surface area contributed by atoms with Gasteiger partial charge in [-0.1, -0.05) is 111 Å². The van der Waals surface area contributed by atoms with Crippen LogP contribution in [-0.4, -0.2) is 124 Å². The van der Waals surface area contributed by atoms with Gasteiger partial charge in [0.05, 0.1) is 36.9 Å². The number of esters is 4. The number of aliphatic hydroxyl groups excluding tert-OH is 2. The number of rotatable bonds is 24. The lowest BCUT2D eigenvalue weighted by molar-refractivity contribution is -0.170. The fourth-order valence-corrected chi connectivity index (χ4v) is 14.2. The van der Waals surface area contributed by atoms with Crippen molar-refractivity contribution in [1.82, 2.24) is 0 Å². The predicted octanol–water partition coefficient (Wildman–Crippen LogP) is 13.0. The highest BCUT2D eigenvalue weighted by molar-refractivity contribution is 5.83. The van der Waals surface area contributed by atoms with Crippen molar-refractivity contribution in [2.24, 2.45) is 52.8 Å². The second-order valence-electron chi connectivity index (χ2n) is 32.3. The average molecular weight is 1250 g/mol. The van der Waals surface area contributed by atoms with E-state index in [1.807, 2.05) is 24.3 Å². The van der Waals surface area contributed by atoms with Crippen LogP contribution in [0.25, 0.3) is 0 Å². The molecular weight excluding hydrogens is 1130 g/mol. The minimum absolute atomic E-state index is 0.0153. The van der Waals surface area contributed by atoms with Crippen molar-refractivity contribution in [3.63, 3.8) is 0 Å². The number of hydrogen-bond acceptors (Lipinski definition) is 16. The summed E-state index contributed by atoms with van der Waals surface area (Å²) in [6, 6.07) is 8.08. The molecular formula is C73H112O16. The van der Waals surface area contributed by atoms with Crippen LogP contribution in [0.15, 0.2) is 24.3 Å². The third kappa shape index (κ3) is 19.2. The second-order valence-corrected chi connectivity index (χ2v) is 32.3. The van der Waals surface area contributed by atoms with Crippen LogP contribution in [0.5, 0.6) is 23.0 Å². The normalized spacial score (nSPS) is 28.3. The van der Waals surface area contributed by atoms with Crippen LogP contribution in [0.2, 0.25) is 0 Å². The van der Waals surface area contributed by atoms with E-state index >= 15 is 0 Å². The molecule has 0 radical (unpaired) electrons. The first kappa shape index (κ1) is 70.2. The minimum atomic E-state index is -1.09. The first-order chi connectivity index (χ1) is 41.6. The summed E-state index contributed by atoms with van der Waals surface area (Å²) in [5.41, 5.74) is 2.78. The summed E-state index contributed by atoms with van der Waals surface area (Å²) in [5, 5.41) is 22.3. The molecule has 0 spiro atoms. The monoisotopic (exact) mass is 1240 g/mol. The lowest BCUT2D eigenvalue weighted by atomic mass is 9.60. The fraction of sp³-hybridized carbons (Fsp3) is 0.781. The van der Waals surface area contributed by atoms with E-state index in [1.165, 1.54) is 0 Å². The summed E-state index contributed by atoms with van der Waals surface area (Å²) >= 11 is 0. The van der Waals surface area contributed by atoms with Crippen molar-refractivity contribution >= 4 is 23.9 Å². The van der Waals surface area contributed by atoms with Gasteiger partial charge in [0.25, 0.3) is 0 Å². The van der Waals surface area contributed by atoms with Crippen LogP contribution >= 0.6 is 0 Å². The molecule has 10 unspecified atom stereocenters. The molecule has 8 rings (SSSR count). The molecule has 0 bridgehead atoms. The van der Waals surface area contributed by atoms with E-state index in [9.17, 15) is 29.4 Å². The Labute approximate surface area is 532 Å². The van der Waals surface area contributed by atoms with Crippen LogP contribution < -0.4 is 18.9 Å². The predicted molar refractivity (Wildman–Crippen MR) is 341 cm³/mol. The number of hydrogen-bond donors (Lipinski definition) is 2. The summed E-state index contributed by atoms with van der Waals surface area (Å²) in [6.45, 7) is 36.0. The van der Waals surface area contributed by atoms with Crippen molar-refractivity contribution in [3.8, 4) is 23.0 Å². The van der Waals surface area contributed by atoms with Gasteiger partial charge >= 0.3 is 23.9 Å². The third-order valence-corrected chi connectivity index (χ3v) is 20.2. The second kappa shape index (κ2) is 29.1. The van der Waals surface area contributed by atoms with Crippen molar-refractivity contribution in [3.05, 3.63) is 46.5 Å². The molecule has 0 amide bonds. The lowest BCUT2D eigenvalue weighted by Gasteiger charge is -2.46. The quantitative estimate of drug-likeness (QED) is 0.0569. The van der Waals surface area contributed by atoms with E-state index < -0.39 is 47.8 Å². The third-order valence-electron chi connectivity index (χ3n) is 20.2. The van der Waals surface area contributed by atoms with E-state index in [0.29, 0.717) is 75.4 Å². The van der Waals surface area contributed by atoms with Gasteiger partial charge in [-0.15, -0.1) is 0 Å². The number of benzene rings is 2. The molecule has 4 aliphatic carbocycles. The van der Waals surface area contributed by atoms with Gasteiger partial charge in [0.2, 0.25) is 0 Å². The Balaban J connectivity index is 0.766. The van der Waals surface area contributed by atoms with Gasteiger partial charge in [-0.3, -0.25) is 19.2 Å². The Morgan fingerprint density at radius 3 is 1.07 bits per heavy atom. The number of ether oxygens (including phenoxy) is 10. The summed E-state index contributed by atoms with van der Waals surface area (Å²) in [7, 11) is 0. The van der Waals surface area contributed by atoms with Crippen LogP contribution in [-0.2, 0) is 69.3 Å². The summed E-state index contributed by atoms with van der Waals surface area (Å²) in [4.78, 5) is 55.7. The Hall–Kier alpha value is -4.64. The highest BCUT2D eigenvalue weighted by Crippen LogP contribution is 2.50. The molecule has 2 saturated heterocycles. The number of carbonyl (C=O) groups is 4.